The number of ether oxygens (including phenoxy) is 12. The Labute approximate surface area is 385 Å². The molecular weight excluding hydrogens is 941 g/mol. The summed E-state index contributed by atoms with van der Waals surface area (Å²) in [4.78, 5) is 50.9. The quantitative estimate of drug-likeness (QED) is 0.0417. The lowest BCUT2D eigenvalue weighted by atomic mass is 10.0. The Morgan fingerprint density at radius 3 is 1.32 bits per heavy atom. The van der Waals surface area contributed by atoms with Crippen LogP contribution in [0.5, 0.6) is 0 Å². The van der Waals surface area contributed by atoms with E-state index >= 15 is 0 Å². The number of halogens is 1. The third-order valence-corrected chi connectivity index (χ3v) is 10.1. The summed E-state index contributed by atoms with van der Waals surface area (Å²) < 4.78 is 67.5. The van der Waals surface area contributed by atoms with E-state index in [1.165, 1.54) is 23.7 Å². The summed E-state index contributed by atoms with van der Waals surface area (Å²) in [6.45, 7) is 12.2. The molecule has 0 aliphatic carbocycles. The molecule has 360 valence electrons. The molecule has 0 bridgehead atoms. The molecule has 20 heteroatoms. The Bertz CT molecular complexity index is 1380. The number of imide groups is 2. The van der Waals surface area contributed by atoms with E-state index in [0.717, 1.165) is 17.9 Å². The SMILES string of the molecule is O=C1CCC(N2C(=O)c3cccc(NCCOCCOCCOCCOCCOCCOCCOCCOCCOCCOCCOCCOCCCCCCI)c3C2=O)C(=O)N1. The second-order valence-corrected chi connectivity index (χ2v) is 15.1. The predicted octanol–water partition coefficient (Wildman–Crippen LogP) is 2.69. The van der Waals surface area contributed by atoms with Crippen molar-refractivity contribution in [2.24, 2.45) is 0 Å². The van der Waals surface area contributed by atoms with Crippen LogP contribution in [0.2, 0.25) is 0 Å². The highest BCUT2D eigenvalue weighted by Crippen LogP contribution is 2.32. The summed E-state index contributed by atoms with van der Waals surface area (Å²) in [5, 5.41) is 5.34. The van der Waals surface area contributed by atoms with E-state index in [-0.39, 0.29) is 24.0 Å². The molecule has 3 rings (SSSR count). The first-order valence-corrected chi connectivity index (χ1v) is 23.6. The Morgan fingerprint density at radius 1 is 0.508 bits per heavy atom. The van der Waals surface area contributed by atoms with E-state index in [2.05, 4.69) is 33.2 Å². The maximum Gasteiger partial charge on any atom is 0.264 e. The Balaban J connectivity index is 0.958. The minimum absolute atomic E-state index is 0.0648. The molecule has 2 heterocycles. The fourth-order valence-corrected chi connectivity index (χ4v) is 6.63. The largest absolute Gasteiger partial charge is 0.382 e. The van der Waals surface area contributed by atoms with Crippen LogP contribution in [-0.4, -0.2) is 204 Å². The number of carbonyl (C=O) groups excluding carboxylic acids is 4. The fourth-order valence-electron chi connectivity index (χ4n) is 6.09. The van der Waals surface area contributed by atoms with E-state index < -0.39 is 29.7 Å². The van der Waals surface area contributed by atoms with E-state index in [1.54, 1.807) is 18.2 Å². The zero-order valence-electron chi connectivity index (χ0n) is 36.8. The number of rotatable bonds is 44. The highest BCUT2D eigenvalue weighted by atomic mass is 127. The lowest BCUT2D eigenvalue weighted by Crippen LogP contribution is -2.54. The van der Waals surface area contributed by atoms with E-state index in [4.69, 9.17) is 56.8 Å². The van der Waals surface area contributed by atoms with Gasteiger partial charge >= 0.3 is 0 Å². The summed E-state index contributed by atoms with van der Waals surface area (Å²) >= 11 is 2.41. The highest BCUT2D eigenvalue weighted by Gasteiger charge is 2.45. The van der Waals surface area contributed by atoms with Gasteiger partial charge in [-0.25, -0.2) is 0 Å². The van der Waals surface area contributed by atoms with Crippen LogP contribution in [0.4, 0.5) is 5.69 Å². The number of hydrogen-bond acceptors (Lipinski definition) is 17. The second kappa shape index (κ2) is 37.7. The molecule has 2 aliphatic heterocycles. The Kier molecular flexibility index (Phi) is 32.9. The molecule has 1 saturated heterocycles. The fraction of sp³-hybridized carbons (Fsp3) is 0.767. The van der Waals surface area contributed by atoms with Crippen molar-refractivity contribution in [3.05, 3.63) is 29.3 Å². The number of piperidine rings is 1. The lowest BCUT2D eigenvalue weighted by Gasteiger charge is -2.27. The number of carbonyl (C=O) groups is 4. The van der Waals surface area contributed by atoms with Gasteiger partial charge in [-0.15, -0.1) is 0 Å². The van der Waals surface area contributed by atoms with Crippen LogP contribution in [0.25, 0.3) is 0 Å². The topological polar surface area (TPSA) is 206 Å². The van der Waals surface area contributed by atoms with Gasteiger partial charge in [0.1, 0.15) is 6.04 Å². The van der Waals surface area contributed by atoms with Crippen molar-refractivity contribution in [1.29, 1.82) is 0 Å². The number of benzene rings is 1. The van der Waals surface area contributed by atoms with E-state index in [0.29, 0.717) is 164 Å². The van der Waals surface area contributed by atoms with Crippen LogP contribution in [-0.2, 0) is 66.4 Å². The third-order valence-electron chi connectivity index (χ3n) is 9.29. The van der Waals surface area contributed by atoms with Crippen LogP contribution in [0.3, 0.4) is 0 Å². The average Bonchev–Trinajstić information content (AvgIpc) is 3.54. The average molecular weight is 1010 g/mol. The Morgan fingerprint density at radius 2 is 0.905 bits per heavy atom. The van der Waals surface area contributed by atoms with Crippen molar-refractivity contribution in [3.8, 4) is 0 Å². The second-order valence-electron chi connectivity index (χ2n) is 14.1. The number of unbranched alkanes of at least 4 members (excludes halogenated alkanes) is 3. The molecule has 1 aromatic rings. The summed E-state index contributed by atoms with van der Waals surface area (Å²) in [7, 11) is 0. The predicted molar refractivity (Wildman–Crippen MR) is 239 cm³/mol. The number of anilines is 1. The molecule has 0 spiro atoms. The van der Waals surface area contributed by atoms with E-state index in [9.17, 15) is 19.2 Å². The molecule has 4 amide bonds. The van der Waals surface area contributed by atoms with Gasteiger partial charge in [0, 0.05) is 25.3 Å². The standard InChI is InChI=1S/C43H70IN3O16/c44-10-3-1-2-4-12-52-14-16-54-18-20-56-22-24-58-26-28-60-30-32-62-34-35-63-33-31-61-29-27-59-25-23-57-21-19-55-17-15-53-13-11-45-37-7-5-6-36-40(37)43(51)47(42(36)50)38-8-9-39(48)46-41(38)49/h5-7,38,45H,1-4,8-35H2,(H,46,48,49). The van der Waals surface area contributed by atoms with Gasteiger partial charge in [0.05, 0.1) is 163 Å². The van der Waals surface area contributed by atoms with Crippen molar-refractivity contribution in [3.63, 3.8) is 0 Å². The smallest absolute Gasteiger partial charge is 0.264 e. The molecule has 63 heavy (non-hydrogen) atoms. The van der Waals surface area contributed by atoms with Gasteiger partial charge in [-0.05, 0) is 35.8 Å². The van der Waals surface area contributed by atoms with Crippen molar-refractivity contribution in [2.75, 3.05) is 175 Å². The molecule has 2 N–H and O–H groups in total. The first-order chi connectivity index (χ1) is 31.0. The lowest BCUT2D eigenvalue weighted by molar-refractivity contribution is -0.136. The summed E-state index contributed by atoms with van der Waals surface area (Å²) in [5.41, 5.74) is 0.906. The van der Waals surface area contributed by atoms with Gasteiger partial charge in [0.15, 0.2) is 0 Å². The van der Waals surface area contributed by atoms with Crippen LogP contribution in [0.1, 0.15) is 59.2 Å². The van der Waals surface area contributed by atoms with Gasteiger partial charge in [-0.3, -0.25) is 29.4 Å². The summed E-state index contributed by atoms with van der Waals surface area (Å²) in [5.74, 6) is -2.17. The van der Waals surface area contributed by atoms with Crippen molar-refractivity contribution >= 4 is 51.9 Å². The molecule has 1 fully saturated rings. The summed E-state index contributed by atoms with van der Waals surface area (Å²) in [6, 6.07) is 3.91. The first-order valence-electron chi connectivity index (χ1n) is 22.1. The number of fused-ring (bicyclic) bond motifs is 1. The zero-order valence-corrected chi connectivity index (χ0v) is 39.0. The minimum atomic E-state index is -1.01. The summed E-state index contributed by atoms with van der Waals surface area (Å²) in [6.07, 6.45) is 5.10. The number of alkyl halides is 1. The van der Waals surface area contributed by atoms with E-state index in [1.807, 2.05) is 0 Å². The molecule has 2 aliphatic rings. The van der Waals surface area contributed by atoms with Gasteiger partial charge in [0.2, 0.25) is 11.8 Å². The van der Waals surface area contributed by atoms with Gasteiger partial charge in [0.25, 0.3) is 11.8 Å². The zero-order chi connectivity index (χ0) is 44.8. The van der Waals surface area contributed by atoms with Crippen molar-refractivity contribution in [1.82, 2.24) is 10.2 Å². The van der Waals surface area contributed by atoms with Gasteiger partial charge < -0.3 is 62.2 Å². The maximum absolute atomic E-state index is 13.2. The van der Waals surface area contributed by atoms with Crippen LogP contribution in [0.15, 0.2) is 18.2 Å². The van der Waals surface area contributed by atoms with Crippen molar-refractivity contribution in [2.45, 2.75) is 44.6 Å². The molecule has 1 atom stereocenters. The molecule has 1 aromatic carbocycles. The molecule has 19 nitrogen and oxygen atoms in total. The Hall–Kier alpha value is -2.45. The minimum Gasteiger partial charge on any atom is -0.382 e. The van der Waals surface area contributed by atoms with Crippen LogP contribution >= 0.6 is 22.6 Å². The third kappa shape index (κ3) is 25.2. The van der Waals surface area contributed by atoms with Crippen LogP contribution in [0, 0.1) is 0 Å². The van der Waals surface area contributed by atoms with Gasteiger partial charge in [-0.2, -0.15) is 0 Å². The first kappa shape index (κ1) is 54.9. The molecular formula is C43H70IN3O16. The van der Waals surface area contributed by atoms with Crippen molar-refractivity contribution < 1.29 is 76.0 Å². The highest BCUT2D eigenvalue weighted by molar-refractivity contribution is 14.1. The number of hydrogen-bond donors (Lipinski definition) is 2. The normalized spacial score (nSPS) is 15.1. The number of amides is 4. The molecule has 1 unspecified atom stereocenters. The maximum atomic E-state index is 13.2. The number of nitrogens with one attached hydrogen (secondary N) is 2. The monoisotopic (exact) mass is 1010 g/mol. The molecule has 0 aromatic heterocycles. The molecule has 0 saturated carbocycles. The van der Waals surface area contributed by atoms with Crippen LogP contribution < -0.4 is 10.6 Å². The molecule has 0 radical (unpaired) electrons. The number of nitrogens with zero attached hydrogens (tertiary/aromatic N) is 1. The van der Waals surface area contributed by atoms with Gasteiger partial charge in [-0.1, -0.05) is 41.5 Å².